The summed E-state index contributed by atoms with van der Waals surface area (Å²) in [5, 5.41) is 4.23. The highest BCUT2D eigenvalue weighted by atomic mass is 32.1. The molecule has 1 heterocycles. The second-order valence-electron chi connectivity index (χ2n) is 4.42. The molecule has 0 unspecified atom stereocenters. The minimum atomic E-state index is 0.525. The number of hydrogen-bond acceptors (Lipinski definition) is 3. The molecule has 0 atom stereocenters. The summed E-state index contributed by atoms with van der Waals surface area (Å²) in [5.41, 5.74) is 6.84. The van der Waals surface area contributed by atoms with Crippen molar-refractivity contribution < 1.29 is 0 Å². The topological polar surface area (TPSA) is 63.3 Å². The molecule has 1 rings (SSSR count). The summed E-state index contributed by atoms with van der Waals surface area (Å²) in [6.07, 6.45) is 4.95. The Morgan fingerprint density at radius 1 is 1.33 bits per heavy atom. The minimum absolute atomic E-state index is 0.525. The van der Waals surface area contributed by atoms with Crippen molar-refractivity contribution in [1.82, 2.24) is 10.3 Å². The van der Waals surface area contributed by atoms with E-state index in [4.69, 9.17) is 5.73 Å². The number of nitrogens with two attached hydrogens (primary N) is 1. The van der Waals surface area contributed by atoms with Crippen LogP contribution in [0.25, 0.3) is 0 Å². The van der Waals surface area contributed by atoms with Gasteiger partial charge in [0.25, 0.3) is 0 Å². The fourth-order valence-corrected chi connectivity index (χ4v) is 2.53. The van der Waals surface area contributed by atoms with E-state index >= 15 is 0 Å². The van der Waals surface area contributed by atoms with Gasteiger partial charge in [0.05, 0.1) is 17.2 Å². The van der Waals surface area contributed by atoms with Gasteiger partial charge in [0, 0.05) is 11.4 Å². The monoisotopic (exact) mass is 268 g/mol. The number of thiazole rings is 1. The van der Waals surface area contributed by atoms with E-state index in [1.807, 2.05) is 6.92 Å². The second kappa shape index (κ2) is 8.08. The Hall–Kier alpha value is -1.10. The average Bonchev–Trinajstić information content (AvgIpc) is 2.65. The van der Waals surface area contributed by atoms with Crippen molar-refractivity contribution >= 4 is 17.3 Å². The zero-order valence-electron chi connectivity index (χ0n) is 11.6. The molecule has 0 aliphatic carbocycles. The van der Waals surface area contributed by atoms with Crippen LogP contribution in [0.2, 0.25) is 0 Å². The molecule has 1 aromatic heterocycles. The Morgan fingerprint density at radius 3 is 2.72 bits per heavy atom. The first-order chi connectivity index (χ1) is 8.63. The Balaban J connectivity index is 2.27. The molecule has 0 aromatic carbocycles. The maximum absolute atomic E-state index is 5.81. The molecule has 0 aliphatic heterocycles. The molecule has 5 heteroatoms. The third-order valence-corrected chi connectivity index (χ3v) is 3.66. The molecule has 4 nitrogen and oxygen atoms in total. The van der Waals surface area contributed by atoms with Gasteiger partial charge in [-0.15, -0.1) is 11.3 Å². The molecule has 102 valence electrons. The highest BCUT2D eigenvalue weighted by molar-refractivity contribution is 7.11. The van der Waals surface area contributed by atoms with Crippen LogP contribution in [0.5, 0.6) is 0 Å². The number of aromatic nitrogens is 1. The number of rotatable bonds is 7. The van der Waals surface area contributed by atoms with E-state index in [1.54, 1.807) is 11.3 Å². The third-order valence-electron chi connectivity index (χ3n) is 2.74. The van der Waals surface area contributed by atoms with E-state index < -0.39 is 0 Å². The van der Waals surface area contributed by atoms with Gasteiger partial charge in [-0.2, -0.15) is 0 Å². The standard InChI is InChI=1S/C13H24N4S/c1-4-5-6-7-8-15-13(14)16-9-12-10(2)18-11(3)17-12/h4-9H2,1-3H3,(H3,14,15,16). The van der Waals surface area contributed by atoms with Crippen LogP contribution in [0.15, 0.2) is 4.99 Å². The van der Waals surface area contributed by atoms with Crippen molar-refractivity contribution in [1.29, 1.82) is 0 Å². The van der Waals surface area contributed by atoms with E-state index in [0.29, 0.717) is 12.5 Å². The summed E-state index contributed by atoms with van der Waals surface area (Å²) >= 11 is 1.71. The predicted octanol–water partition coefficient (Wildman–Crippen LogP) is 2.74. The maximum Gasteiger partial charge on any atom is 0.188 e. The highest BCUT2D eigenvalue weighted by Crippen LogP contribution is 2.16. The Labute approximate surface area is 114 Å². The molecule has 0 saturated heterocycles. The van der Waals surface area contributed by atoms with E-state index in [-0.39, 0.29) is 0 Å². The molecule has 0 aliphatic rings. The van der Waals surface area contributed by atoms with Crippen LogP contribution < -0.4 is 11.1 Å². The molecule has 0 fully saturated rings. The largest absolute Gasteiger partial charge is 0.370 e. The maximum atomic E-state index is 5.81. The molecule has 18 heavy (non-hydrogen) atoms. The van der Waals surface area contributed by atoms with Crippen molar-refractivity contribution in [2.24, 2.45) is 10.7 Å². The van der Waals surface area contributed by atoms with Crippen LogP contribution in [0, 0.1) is 13.8 Å². The van der Waals surface area contributed by atoms with Crippen molar-refractivity contribution in [2.75, 3.05) is 6.54 Å². The zero-order valence-corrected chi connectivity index (χ0v) is 12.4. The van der Waals surface area contributed by atoms with Crippen molar-refractivity contribution in [2.45, 2.75) is 53.0 Å². The number of aliphatic imine (C=N–C) groups is 1. The molecule has 0 bridgehead atoms. The van der Waals surface area contributed by atoms with Gasteiger partial charge in [0.15, 0.2) is 5.96 Å². The summed E-state index contributed by atoms with van der Waals surface area (Å²) in [7, 11) is 0. The summed E-state index contributed by atoms with van der Waals surface area (Å²) < 4.78 is 0. The number of nitrogens with zero attached hydrogens (tertiary/aromatic N) is 2. The van der Waals surface area contributed by atoms with E-state index in [1.165, 1.54) is 24.1 Å². The van der Waals surface area contributed by atoms with E-state index in [0.717, 1.165) is 23.7 Å². The van der Waals surface area contributed by atoms with Gasteiger partial charge in [-0.1, -0.05) is 26.2 Å². The van der Waals surface area contributed by atoms with Gasteiger partial charge in [0.2, 0.25) is 0 Å². The Bertz CT molecular complexity index is 384. The average molecular weight is 268 g/mol. The summed E-state index contributed by atoms with van der Waals surface area (Å²) in [6.45, 7) is 7.78. The van der Waals surface area contributed by atoms with Gasteiger partial charge in [-0.25, -0.2) is 9.98 Å². The number of unbranched alkanes of at least 4 members (excludes halogenated alkanes) is 3. The van der Waals surface area contributed by atoms with Gasteiger partial charge in [-0.3, -0.25) is 0 Å². The number of guanidine groups is 1. The molecule has 3 N–H and O–H groups in total. The normalized spacial score (nSPS) is 11.8. The van der Waals surface area contributed by atoms with E-state index in [9.17, 15) is 0 Å². The number of aryl methyl sites for hydroxylation is 2. The van der Waals surface area contributed by atoms with Crippen LogP contribution in [0.1, 0.15) is 48.2 Å². The zero-order chi connectivity index (χ0) is 13.4. The lowest BCUT2D eigenvalue weighted by Crippen LogP contribution is -2.32. The van der Waals surface area contributed by atoms with Gasteiger partial charge in [0.1, 0.15) is 0 Å². The lowest BCUT2D eigenvalue weighted by Gasteiger charge is -2.04. The molecule has 0 spiro atoms. The van der Waals surface area contributed by atoms with Crippen molar-refractivity contribution in [3.8, 4) is 0 Å². The van der Waals surface area contributed by atoms with Gasteiger partial charge >= 0.3 is 0 Å². The van der Waals surface area contributed by atoms with Crippen molar-refractivity contribution in [3.63, 3.8) is 0 Å². The first-order valence-electron chi connectivity index (χ1n) is 6.60. The number of hydrogen-bond donors (Lipinski definition) is 2. The van der Waals surface area contributed by atoms with E-state index in [2.05, 4.69) is 29.1 Å². The van der Waals surface area contributed by atoms with Crippen LogP contribution in [0.4, 0.5) is 0 Å². The first-order valence-corrected chi connectivity index (χ1v) is 7.41. The van der Waals surface area contributed by atoms with Crippen molar-refractivity contribution in [3.05, 3.63) is 15.6 Å². The lowest BCUT2D eigenvalue weighted by atomic mass is 10.2. The highest BCUT2D eigenvalue weighted by Gasteiger charge is 2.03. The molecular formula is C13H24N4S. The van der Waals surface area contributed by atoms with Gasteiger partial charge in [-0.05, 0) is 20.3 Å². The smallest absolute Gasteiger partial charge is 0.188 e. The van der Waals surface area contributed by atoms with Crippen LogP contribution in [-0.2, 0) is 6.54 Å². The number of nitrogens with one attached hydrogen (secondary N) is 1. The molecule has 0 saturated carbocycles. The summed E-state index contributed by atoms with van der Waals surface area (Å²) in [6, 6.07) is 0. The van der Waals surface area contributed by atoms with Gasteiger partial charge < -0.3 is 11.1 Å². The molecule has 0 amide bonds. The van der Waals surface area contributed by atoms with Crippen LogP contribution in [-0.4, -0.2) is 17.5 Å². The third kappa shape index (κ3) is 5.49. The molecule has 0 radical (unpaired) electrons. The Morgan fingerprint density at radius 2 is 2.11 bits per heavy atom. The fraction of sp³-hybridized carbons (Fsp3) is 0.692. The summed E-state index contributed by atoms with van der Waals surface area (Å²) in [5.74, 6) is 0.525. The minimum Gasteiger partial charge on any atom is -0.370 e. The molecule has 1 aromatic rings. The first kappa shape index (κ1) is 15.0. The quantitative estimate of drug-likeness (QED) is 0.454. The lowest BCUT2D eigenvalue weighted by molar-refractivity contribution is 0.652. The fourth-order valence-electron chi connectivity index (χ4n) is 1.70. The predicted molar refractivity (Wildman–Crippen MR) is 79.1 cm³/mol. The Kier molecular flexibility index (Phi) is 6.72. The second-order valence-corrected chi connectivity index (χ2v) is 5.83. The van der Waals surface area contributed by atoms with Crippen LogP contribution in [0.3, 0.4) is 0 Å². The molecular weight excluding hydrogens is 244 g/mol. The summed E-state index contributed by atoms with van der Waals surface area (Å²) in [4.78, 5) is 9.97. The van der Waals surface area contributed by atoms with Crippen LogP contribution >= 0.6 is 11.3 Å². The SMILES string of the molecule is CCCCCCNC(N)=NCc1nc(C)sc1C.